The Morgan fingerprint density at radius 1 is 0.952 bits per heavy atom. The molecule has 1 N–H and O–H groups in total. The predicted octanol–water partition coefficient (Wildman–Crippen LogP) is 2.95. The molecule has 1 aliphatic carbocycles. The van der Waals surface area contributed by atoms with Gasteiger partial charge in [0.15, 0.2) is 5.78 Å². The van der Waals surface area contributed by atoms with E-state index in [1.54, 1.807) is 18.2 Å². The number of methoxy groups -OCH3 is 1. The molecule has 1 aliphatic rings. The Labute approximate surface area is 120 Å². The molecule has 0 aliphatic heterocycles. The number of fused-ring (bicyclic) bond motifs is 4. The minimum Gasteiger partial charge on any atom is -0.497 e. The number of aromatic nitrogens is 1. The molecule has 0 spiro atoms. The van der Waals surface area contributed by atoms with Crippen molar-refractivity contribution in [3.8, 4) is 5.75 Å². The lowest BCUT2D eigenvalue weighted by Crippen LogP contribution is -2.20. The summed E-state index contributed by atoms with van der Waals surface area (Å²) in [4.78, 5) is 28.4. The second-order valence-electron chi connectivity index (χ2n) is 4.99. The lowest BCUT2D eigenvalue weighted by Gasteiger charge is -2.15. The Bertz CT molecular complexity index is 921. The third kappa shape index (κ3) is 1.50. The van der Waals surface area contributed by atoms with Gasteiger partial charge in [-0.05, 0) is 24.3 Å². The fourth-order valence-electron chi connectivity index (χ4n) is 2.85. The Balaban J connectivity index is 2.05. The highest BCUT2D eigenvalue weighted by Crippen LogP contribution is 2.33. The number of benzene rings is 2. The molecule has 1 heterocycles. The van der Waals surface area contributed by atoms with Crippen molar-refractivity contribution < 1.29 is 14.3 Å². The van der Waals surface area contributed by atoms with Gasteiger partial charge in [0.05, 0.1) is 18.4 Å². The quantitative estimate of drug-likeness (QED) is 0.582. The average Bonchev–Trinajstić information content (AvgIpc) is 2.92. The van der Waals surface area contributed by atoms with Crippen LogP contribution in [-0.4, -0.2) is 23.7 Å². The number of aromatic amines is 1. The molecular formula is C17H11NO3. The van der Waals surface area contributed by atoms with Gasteiger partial charge in [0.1, 0.15) is 5.75 Å². The standard InChI is InChI=1S/C17H11NO3/c1-21-9-6-7-10-12(8-9)16(19)14-11-4-2-3-5-13(11)18-15(14)17(10)20/h2-8,18H,1H3. The molecule has 0 saturated heterocycles. The number of carbonyl (C=O) groups excluding carboxylic acids is 2. The van der Waals surface area contributed by atoms with Gasteiger partial charge in [-0.1, -0.05) is 18.2 Å². The Kier molecular flexibility index (Phi) is 2.30. The van der Waals surface area contributed by atoms with Crippen molar-refractivity contribution >= 4 is 22.5 Å². The molecule has 4 nitrogen and oxygen atoms in total. The van der Waals surface area contributed by atoms with Crippen LogP contribution in [0.25, 0.3) is 10.9 Å². The average molecular weight is 277 g/mol. The van der Waals surface area contributed by atoms with Crippen molar-refractivity contribution in [3.63, 3.8) is 0 Å². The fraction of sp³-hybridized carbons (Fsp3) is 0.0588. The van der Waals surface area contributed by atoms with E-state index in [0.29, 0.717) is 28.1 Å². The minimum atomic E-state index is -0.154. The summed E-state index contributed by atoms with van der Waals surface area (Å²) in [5, 5.41) is 0.777. The Hall–Kier alpha value is -2.88. The molecule has 0 bridgehead atoms. The van der Waals surface area contributed by atoms with Gasteiger partial charge in [-0.25, -0.2) is 0 Å². The number of nitrogens with one attached hydrogen (secondary N) is 1. The van der Waals surface area contributed by atoms with Gasteiger partial charge >= 0.3 is 0 Å². The molecule has 4 heteroatoms. The fourth-order valence-corrected chi connectivity index (χ4v) is 2.85. The zero-order chi connectivity index (χ0) is 14.6. The number of para-hydroxylation sites is 1. The highest BCUT2D eigenvalue weighted by molar-refractivity contribution is 6.32. The first kappa shape index (κ1) is 11.9. The molecule has 0 fully saturated rings. The van der Waals surface area contributed by atoms with Gasteiger partial charge in [-0.3, -0.25) is 9.59 Å². The molecule has 2 aromatic carbocycles. The SMILES string of the molecule is COc1ccc2c(c1)C(=O)c1c([nH]c3ccccc13)C2=O. The number of rotatable bonds is 1. The minimum absolute atomic E-state index is 0.143. The van der Waals surface area contributed by atoms with Crippen LogP contribution in [0.1, 0.15) is 32.0 Å². The van der Waals surface area contributed by atoms with E-state index in [1.807, 2.05) is 24.3 Å². The number of ketones is 2. The number of hydrogen-bond donors (Lipinski definition) is 1. The van der Waals surface area contributed by atoms with Crippen molar-refractivity contribution in [1.82, 2.24) is 4.98 Å². The van der Waals surface area contributed by atoms with Crippen molar-refractivity contribution in [2.75, 3.05) is 7.11 Å². The highest BCUT2D eigenvalue weighted by Gasteiger charge is 2.33. The molecule has 4 rings (SSSR count). The lowest BCUT2D eigenvalue weighted by molar-refractivity contribution is 0.0977. The van der Waals surface area contributed by atoms with E-state index >= 15 is 0 Å². The first-order chi connectivity index (χ1) is 10.2. The maximum Gasteiger partial charge on any atom is 0.210 e. The van der Waals surface area contributed by atoms with E-state index in [9.17, 15) is 9.59 Å². The third-order valence-electron chi connectivity index (χ3n) is 3.88. The predicted molar refractivity (Wildman–Crippen MR) is 78.2 cm³/mol. The van der Waals surface area contributed by atoms with E-state index in [1.165, 1.54) is 7.11 Å². The number of H-pyrrole nitrogens is 1. The molecule has 1 aromatic heterocycles. The second kappa shape index (κ2) is 4.06. The van der Waals surface area contributed by atoms with Crippen LogP contribution in [0.5, 0.6) is 5.75 Å². The second-order valence-corrected chi connectivity index (χ2v) is 4.99. The normalized spacial score (nSPS) is 13.2. The summed E-state index contributed by atoms with van der Waals surface area (Å²) in [6, 6.07) is 12.4. The van der Waals surface area contributed by atoms with E-state index in [-0.39, 0.29) is 11.6 Å². The molecule has 0 saturated carbocycles. The summed E-state index contributed by atoms with van der Waals surface area (Å²) >= 11 is 0. The zero-order valence-electron chi connectivity index (χ0n) is 11.3. The lowest BCUT2D eigenvalue weighted by atomic mass is 9.87. The smallest absolute Gasteiger partial charge is 0.210 e. The molecule has 0 radical (unpaired) electrons. The largest absolute Gasteiger partial charge is 0.497 e. The number of ether oxygens (including phenoxy) is 1. The summed E-state index contributed by atoms with van der Waals surface area (Å²) in [6.45, 7) is 0. The van der Waals surface area contributed by atoms with Crippen LogP contribution in [0.3, 0.4) is 0 Å². The van der Waals surface area contributed by atoms with Crippen LogP contribution in [0.4, 0.5) is 0 Å². The van der Waals surface area contributed by atoms with Gasteiger partial charge in [-0.2, -0.15) is 0 Å². The van der Waals surface area contributed by atoms with Gasteiger partial charge < -0.3 is 9.72 Å². The van der Waals surface area contributed by atoms with Gasteiger partial charge in [0.2, 0.25) is 5.78 Å². The number of carbonyl (C=O) groups is 2. The summed E-state index contributed by atoms with van der Waals surface area (Å²) in [5.41, 5.74) is 2.44. The molecule has 3 aromatic rings. The van der Waals surface area contributed by atoms with Crippen molar-refractivity contribution in [3.05, 3.63) is 64.8 Å². The maximum absolute atomic E-state index is 12.8. The van der Waals surface area contributed by atoms with E-state index in [4.69, 9.17) is 4.74 Å². The van der Waals surface area contributed by atoms with Crippen LogP contribution in [-0.2, 0) is 0 Å². The van der Waals surface area contributed by atoms with Gasteiger partial charge in [0.25, 0.3) is 0 Å². The molecular weight excluding hydrogens is 266 g/mol. The molecule has 102 valence electrons. The van der Waals surface area contributed by atoms with Crippen LogP contribution >= 0.6 is 0 Å². The van der Waals surface area contributed by atoms with Crippen LogP contribution in [0, 0.1) is 0 Å². The van der Waals surface area contributed by atoms with Crippen LogP contribution in [0.2, 0.25) is 0 Å². The Morgan fingerprint density at radius 3 is 2.57 bits per heavy atom. The zero-order valence-corrected chi connectivity index (χ0v) is 11.3. The summed E-state index contributed by atoms with van der Waals surface area (Å²) in [7, 11) is 1.54. The van der Waals surface area contributed by atoms with Gasteiger partial charge in [0, 0.05) is 22.0 Å². The number of hydrogen-bond acceptors (Lipinski definition) is 3. The Morgan fingerprint density at radius 2 is 1.76 bits per heavy atom. The monoisotopic (exact) mass is 277 g/mol. The summed E-state index contributed by atoms with van der Waals surface area (Å²) < 4.78 is 5.15. The molecule has 21 heavy (non-hydrogen) atoms. The van der Waals surface area contributed by atoms with Crippen molar-refractivity contribution in [2.45, 2.75) is 0 Å². The van der Waals surface area contributed by atoms with Crippen LogP contribution < -0.4 is 4.74 Å². The molecule has 0 atom stereocenters. The third-order valence-corrected chi connectivity index (χ3v) is 3.88. The van der Waals surface area contributed by atoms with Gasteiger partial charge in [-0.15, -0.1) is 0 Å². The summed E-state index contributed by atoms with van der Waals surface area (Å²) in [6.07, 6.45) is 0. The van der Waals surface area contributed by atoms with E-state index in [2.05, 4.69) is 4.98 Å². The first-order valence-electron chi connectivity index (χ1n) is 6.59. The summed E-state index contributed by atoms with van der Waals surface area (Å²) in [5.74, 6) is 0.271. The van der Waals surface area contributed by atoms with E-state index < -0.39 is 0 Å². The topological polar surface area (TPSA) is 59.2 Å². The first-order valence-corrected chi connectivity index (χ1v) is 6.59. The maximum atomic E-state index is 12.8. The molecule has 0 unspecified atom stereocenters. The van der Waals surface area contributed by atoms with E-state index in [0.717, 1.165) is 10.9 Å². The molecule has 0 amide bonds. The van der Waals surface area contributed by atoms with Crippen molar-refractivity contribution in [1.29, 1.82) is 0 Å². The van der Waals surface area contributed by atoms with Crippen molar-refractivity contribution in [2.24, 2.45) is 0 Å². The highest BCUT2D eigenvalue weighted by atomic mass is 16.5. The van der Waals surface area contributed by atoms with Crippen LogP contribution in [0.15, 0.2) is 42.5 Å².